The summed E-state index contributed by atoms with van der Waals surface area (Å²) in [5.41, 5.74) is 0. The molecule has 2 N–H and O–H groups in total. The van der Waals surface area contributed by atoms with Gasteiger partial charge < -0.3 is 4.74 Å². The van der Waals surface area contributed by atoms with E-state index < -0.39 is 0 Å². The molecule has 0 rings (SSSR count). The topological polar surface area (TPSA) is 91.1 Å². The molecule has 0 aromatic carbocycles. The van der Waals surface area contributed by atoms with Crippen molar-refractivity contribution in [2.45, 2.75) is 6.92 Å². The van der Waals surface area contributed by atoms with Crippen LogP contribution in [0.4, 0.5) is 0 Å². The summed E-state index contributed by atoms with van der Waals surface area (Å²) in [6.07, 6.45) is 2.93. The van der Waals surface area contributed by atoms with Crippen molar-refractivity contribution >= 4 is 12.2 Å². The van der Waals surface area contributed by atoms with Gasteiger partial charge in [0.2, 0.25) is 12.2 Å². The van der Waals surface area contributed by atoms with Crippen LogP contribution in [0.1, 0.15) is 6.92 Å². The zero-order valence-electron chi connectivity index (χ0n) is 6.22. The molecule has 0 aliphatic carbocycles. The lowest BCUT2D eigenvalue weighted by Crippen LogP contribution is -1.72. The van der Waals surface area contributed by atoms with Gasteiger partial charge in [0, 0.05) is 0 Å². The monoisotopic (exact) mass is 158 g/mol. The number of nitrogens with one attached hydrogen (secondary N) is 2. The van der Waals surface area contributed by atoms with Gasteiger partial charge in [0.25, 0.3) is 0 Å². The van der Waals surface area contributed by atoms with Gasteiger partial charge in [0.1, 0.15) is 0 Å². The lowest BCUT2D eigenvalue weighted by molar-refractivity contribution is 0.270. The molecule has 5 heteroatoms. The van der Waals surface area contributed by atoms with E-state index in [2.05, 4.69) is 11.3 Å². The number of hydrogen-bond donors (Lipinski definition) is 2. The molecule has 0 spiro atoms. The third-order valence-electron chi connectivity index (χ3n) is 0.285. The van der Waals surface area contributed by atoms with Crippen molar-refractivity contribution < 1.29 is 14.3 Å². The van der Waals surface area contributed by atoms with Gasteiger partial charge in [0.05, 0.1) is 12.9 Å². The lowest BCUT2D eigenvalue weighted by Gasteiger charge is -1.84. The Balaban J connectivity index is -0.0000000933. The Kier molecular flexibility index (Phi) is 59.6. The number of carbonyl (C=O) groups excluding carboxylic acids is 2. The van der Waals surface area contributed by atoms with Gasteiger partial charge in [-0.25, -0.2) is 20.4 Å². The Morgan fingerprint density at radius 3 is 1.73 bits per heavy atom. The smallest absolute Gasteiger partial charge is 0.231 e. The van der Waals surface area contributed by atoms with Gasteiger partial charge in [-0.1, -0.05) is 6.58 Å². The van der Waals surface area contributed by atoms with Crippen molar-refractivity contribution in [3.05, 3.63) is 12.8 Å². The number of ether oxygens (including phenoxy) is 1. The van der Waals surface area contributed by atoms with Gasteiger partial charge in [0.15, 0.2) is 0 Å². The van der Waals surface area contributed by atoms with E-state index in [0.717, 1.165) is 18.8 Å². The molecule has 62 valence electrons. The molecule has 11 heavy (non-hydrogen) atoms. The van der Waals surface area contributed by atoms with Crippen molar-refractivity contribution in [2.75, 3.05) is 6.61 Å². The van der Waals surface area contributed by atoms with E-state index in [4.69, 9.17) is 20.4 Å². The maximum Gasteiger partial charge on any atom is 0.231 e. The third-order valence-corrected chi connectivity index (χ3v) is 0.285. The van der Waals surface area contributed by atoms with E-state index in [1.807, 2.05) is 6.92 Å². The summed E-state index contributed by atoms with van der Waals surface area (Å²) in [4.78, 5) is 16.7. The highest BCUT2D eigenvalue weighted by Gasteiger charge is 1.55. The van der Waals surface area contributed by atoms with Crippen LogP contribution in [0.3, 0.4) is 0 Å². The van der Waals surface area contributed by atoms with Crippen LogP contribution in [0.15, 0.2) is 12.8 Å². The molecule has 5 nitrogen and oxygen atoms in total. The van der Waals surface area contributed by atoms with Crippen LogP contribution in [-0.2, 0) is 14.3 Å². The van der Waals surface area contributed by atoms with Crippen LogP contribution in [0, 0.1) is 10.8 Å². The Morgan fingerprint density at radius 2 is 1.73 bits per heavy atom. The summed E-state index contributed by atoms with van der Waals surface area (Å²) >= 11 is 0. The first-order valence-corrected chi connectivity index (χ1v) is 2.55. The van der Waals surface area contributed by atoms with Crippen molar-refractivity contribution in [2.24, 2.45) is 0 Å². The Bertz CT molecular complexity index is 121. The fourth-order valence-electron chi connectivity index (χ4n) is 0.118. The number of hydrogen-bond acceptors (Lipinski definition) is 5. The van der Waals surface area contributed by atoms with E-state index in [9.17, 15) is 0 Å². The molecular formula is C6H10N2O3. The minimum Gasteiger partial charge on any atom is -0.502 e. The molecule has 0 atom stereocenters. The average Bonchev–Trinajstić information content (AvgIpc) is 1.92. The van der Waals surface area contributed by atoms with Gasteiger partial charge in [-0.2, -0.15) is 0 Å². The van der Waals surface area contributed by atoms with Crippen molar-refractivity contribution in [1.29, 1.82) is 10.8 Å². The van der Waals surface area contributed by atoms with E-state index in [1.165, 1.54) is 6.26 Å². The highest BCUT2D eigenvalue weighted by atomic mass is 16.5. The maximum absolute atomic E-state index is 8.35. The third kappa shape index (κ3) is 3660. The van der Waals surface area contributed by atoms with E-state index >= 15 is 0 Å². The van der Waals surface area contributed by atoms with Gasteiger partial charge in [-0.3, -0.25) is 0 Å². The molecule has 0 aliphatic heterocycles. The van der Waals surface area contributed by atoms with E-state index in [0.29, 0.717) is 0 Å². The summed E-state index contributed by atoms with van der Waals surface area (Å²) in [7, 11) is 0. The fourth-order valence-corrected chi connectivity index (χ4v) is 0.118. The molecule has 0 saturated carbocycles. The minimum absolute atomic E-state index is 0.726. The number of rotatable bonds is 2. The molecule has 0 aromatic rings. The van der Waals surface area contributed by atoms with Crippen molar-refractivity contribution in [3.63, 3.8) is 0 Å². The SMILES string of the molecule is C=COCC.N=C=O.N=C=O. The second-order valence-electron chi connectivity index (χ2n) is 0.826. The lowest BCUT2D eigenvalue weighted by atomic mass is 10.9. The molecular weight excluding hydrogens is 148 g/mol. The first kappa shape index (κ1) is 16.1. The highest BCUT2D eigenvalue weighted by molar-refractivity contribution is 5.26. The predicted octanol–water partition coefficient (Wildman–Crippen LogP) is 0.968. The summed E-state index contributed by atoms with van der Waals surface area (Å²) in [6, 6.07) is 0. The van der Waals surface area contributed by atoms with Crippen LogP contribution >= 0.6 is 0 Å². The zero-order chi connectivity index (χ0) is 9.54. The summed E-state index contributed by atoms with van der Waals surface area (Å²) in [6.45, 7) is 5.97. The second-order valence-corrected chi connectivity index (χ2v) is 0.826. The molecule has 0 heterocycles. The zero-order valence-corrected chi connectivity index (χ0v) is 6.22. The standard InChI is InChI=1S/C4H8O.2CHNO/c1-3-5-4-2;2*2-1-3/h3H,1,4H2,2H3;2*2H. The predicted molar refractivity (Wildman–Crippen MR) is 38.6 cm³/mol. The first-order chi connectivity index (χ1) is 5.24. The fraction of sp³-hybridized carbons (Fsp3) is 0.333. The molecule has 0 amide bonds. The number of isocyanates is 2. The molecule has 0 aliphatic rings. The normalized spacial score (nSPS) is 4.45. The minimum atomic E-state index is 0.726. The Morgan fingerprint density at radius 1 is 1.45 bits per heavy atom. The van der Waals surface area contributed by atoms with Crippen LogP contribution in [-0.4, -0.2) is 18.8 Å². The largest absolute Gasteiger partial charge is 0.502 e. The molecule has 0 unspecified atom stereocenters. The second kappa shape index (κ2) is 40.6. The van der Waals surface area contributed by atoms with Crippen LogP contribution in [0.2, 0.25) is 0 Å². The van der Waals surface area contributed by atoms with Crippen molar-refractivity contribution in [1.82, 2.24) is 0 Å². The van der Waals surface area contributed by atoms with Crippen molar-refractivity contribution in [3.8, 4) is 0 Å². The highest BCUT2D eigenvalue weighted by Crippen LogP contribution is 1.65. The summed E-state index contributed by atoms with van der Waals surface area (Å²) in [5.74, 6) is 0. The summed E-state index contributed by atoms with van der Waals surface area (Å²) < 4.78 is 4.60. The Hall–Kier alpha value is -1.70. The van der Waals surface area contributed by atoms with Gasteiger partial charge >= 0.3 is 0 Å². The van der Waals surface area contributed by atoms with Crippen LogP contribution in [0.25, 0.3) is 0 Å². The van der Waals surface area contributed by atoms with Crippen LogP contribution < -0.4 is 0 Å². The van der Waals surface area contributed by atoms with Crippen LogP contribution in [0.5, 0.6) is 0 Å². The molecule has 0 aromatic heterocycles. The first-order valence-electron chi connectivity index (χ1n) is 2.55. The van der Waals surface area contributed by atoms with E-state index in [-0.39, 0.29) is 0 Å². The quantitative estimate of drug-likeness (QED) is 0.356. The Labute approximate surface area is 64.7 Å². The average molecular weight is 158 g/mol. The molecule has 0 bridgehead atoms. The van der Waals surface area contributed by atoms with E-state index in [1.54, 1.807) is 0 Å². The van der Waals surface area contributed by atoms with Gasteiger partial charge in [-0.15, -0.1) is 0 Å². The maximum atomic E-state index is 8.35. The summed E-state index contributed by atoms with van der Waals surface area (Å²) in [5, 5.41) is 10.8. The van der Waals surface area contributed by atoms with Gasteiger partial charge in [-0.05, 0) is 6.92 Å². The molecule has 0 fully saturated rings. The molecule has 0 saturated heterocycles. The molecule has 0 radical (unpaired) electrons.